The van der Waals surface area contributed by atoms with E-state index in [0.29, 0.717) is 0 Å². The second kappa shape index (κ2) is 24.5. The van der Waals surface area contributed by atoms with Crippen molar-refractivity contribution < 1.29 is 8.83 Å². The van der Waals surface area contributed by atoms with Gasteiger partial charge in [0.05, 0.1) is 87.7 Å². The molecule has 26 aromatic rings. The van der Waals surface area contributed by atoms with Crippen LogP contribution in [0.4, 0.5) is 0 Å². The smallest absolute Gasteiger partial charge is 0.145 e. The molecule has 0 atom stereocenters. The van der Waals surface area contributed by atoms with E-state index in [4.69, 9.17) is 8.83 Å². The second-order valence-electron chi connectivity index (χ2n) is 34.5. The van der Waals surface area contributed by atoms with Crippen molar-refractivity contribution in [3.05, 3.63) is 398 Å². The third-order valence-corrected chi connectivity index (χ3v) is 27.7. The van der Waals surface area contributed by atoms with Gasteiger partial charge in [0.25, 0.3) is 0 Å². The van der Waals surface area contributed by atoms with Crippen LogP contribution >= 0.6 is 0 Å². The van der Waals surface area contributed by atoms with Crippen molar-refractivity contribution in [3.63, 3.8) is 0 Å². The molecule has 8 heteroatoms. The maximum atomic E-state index is 7.32. The molecule has 0 unspecified atom stereocenters. The molecule has 28 rings (SSSR count). The summed E-state index contributed by atoms with van der Waals surface area (Å²) in [5.41, 5.74) is 35.2. The Balaban J connectivity index is 0.000000129. The Morgan fingerprint density at radius 2 is 0.402 bits per heavy atom. The van der Waals surface area contributed by atoms with E-state index in [0.717, 1.165) is 121 Å². The van der Waals surface area contributed by atoms with E-state index in [1.807, 2.05) is 0 Å². The molecule has 0 saturated carbocycles. The zero-order valence-corrected chi connectivity index (χ0v) is 67.3. The number of benzene rings is 18. The van der Waals surface area contributed by atoms with Crippen LogP contribution in [-0.4, -0.2) is 27.4 Å². The van der Waals surface area contributed by atoms with Crippen molar-refractivity contribution in [1.29, 1.82) is 0 Å². The summed E-state index contributed by atoms with van der Waals surface area (Å²) in [5.74, 6) is 0. The number of rotatable bonds is 6. The maximum absolute atomic E-state index is 7.32. The Morgan fingerprint density at radius 3 is 0.738 bits per heavy atom. The first-order valence-electron chi connectivity index (χ1n) is 42.4. The molecule has 2 aliphatic rings. The van der Waals surface area contributed by atoms with Gasteiger partial charge in [-0.25, -0.2) is 0 Å². The molecule has 8 aromatic heterocycles. The summed E-state index contributed by atoms with van der Waals surface area (Å²) in [7, 11) is 0. The first-order valence-corrected chi connectivity index (χ1v) is 42.4. The summed E-state index contributed by atoms with van der Waals surface area (Å²) < 4.78 is 29.0. The van der Waals surface area contributed by atoms with Gasteiger partial charge in [0.2, 0.25) is 0 Å². The lowest BCUT2D eigenvalue weighted by molar-refractivity contribution is 0.660. The van der Waals surface area contributed by atoms with Crippen LogP contribution in [0.15, 0.2) is 385 Å². The minimum absolute atomic E-state index is 0.0851. The second-order valence-corrected chi connectivity index (χ2v) is 34.5. The molecule has 0 bridgehead atoms. The molecule has 0 fully saturated rings. The van der Waals surface area contributed by atoms with Gasteiger partial charge < -0.3 is 36.2 Å². The molecule has 0 amide bonds. The minimum Gasteiger partial charge on any atom is -0.455 e. The van der Waals surface area contributed by atoms with Crippen LogP contribution < -0.4 is 0 Å². The van der Waals surface area contributed by atoms with E-state index >= 15 is 0 Å². The molecule has 0 radical (unpaired) electrons. The Labute approximate surface area is 699 Å². The third kappa shape index (κ3) is 8.98. The molecular weight excluding hydrogens is 1490 g/mol. The average molecular weight is 1560 g/mol. The van der Waals surface area contributed by atoms with Gasteiger partial charge in [-0.05, 0) is 214 Å². The monoisotopic (exact) mass is 1560 g/mol. The quantitative estimate of drug-likeness (QED) is 0.167. The standard InChI is InChI=1S/C60H36N4O.C54H38N2O/c1-3-15-37(16-4-1)61-49-23-11-7-19-41(49)47-35-39(27-31-53(47)61)63-51-25-13-9-21-45(51)57-55(63)33-29-43-44-30-34-56-58(60(44)65-59(43)57)46-22-10-14-26-52(46)64(56)40-28-32-54-48(36-40)42-20-8-12-24-50(42)62(54)38-17-5-2-6-18-38;1-53(2)41-17-9-5-13-33(41)35-23-21-31(29-43(35)53)55-45-19-11-7-15-39(45)49-47(55)27-25-37-38-26-28-48-50(52(38)57-51(37)49)40-16-8-12-20-46(40)56(48)32-22-24-36-34-14-6-10-18-42(34)54(3,4)44(36)30-32/h1-36H;5-30H,1-4H3. The molecule has 0 aliphatic heterocycles. The van der Waals surface area contributed by atoms with E-state index in [9.17, 15) is 0 Å². The van der Waals surface area contributed by atoms with E-state index in [1.54, 1.807) is 0 Å². The summed E-state index contributed by atoms with van der Waals surface area (Å²) >= 11 is 0. The molecule has 572 valence electrons. The molecule has 8 heterocycles. The number of furan rings is 2. The van der Waals surface area contributed by atoms with Crippen molar-refractivity contribution in [1.82, 2.24) is 27.4 Å². The van der Waals surface area contributed by atoms with Crippen molar-refractivity contribution in [2.24, 2.45) is 0 Å². The van der Waals surface area contributed by atoms with Crippen LogP contribution in [0.2, 0.25) is 0 Å². The molecule has 0 N–H and O–H groups in total. The Bertz CT molecular complexity index is 8570. The van der Waals surface area contributed by atoms with Crippen LogP contribution in [0.25, 0.3) is 231 Å². The number of nitrogens with zero attached hydrogens (tertiary/aromatic N) is 6. The average Bonchev–Trinajstić information content (AvgIpc) is 1.53. The van der Waals surface area contributed by atoms with Crippen molar-refractivity contribution in [2.45, 2.75) is 38.5 Å². The lowest BCUT2D eigenvalue weighted by Gasteiger charge is -2.22. The van der Waals surface area contributed by atoms with Gasteiger partial charge in [-0.2, -0.15) is 0 Å². The molecule has 0 spiro atoms. The van der Waals surface area contributed by atoms with Gasteiger partial charge in [-0.1, -0.05) is 234 Å². The maximum Gasteiger partial charge on any atom is 0.145 e. The van der Waals surface area contributed by atoms with E-state index < -0.39 is 0 Å². The van der Waals surface area contributed by atoms with Gasteiger partial charge in [0.15, 0.2) is 0 Å². The van der Waals surface area contributed by atoms with Gasteiger partial charge in [-0.3, -0.25) is 0 Å². The van der Waals surface area contributed by atoms with Gasteiger partial charge in [0.1, 0.15) is 22.3 Å². The fraction of sp³-hybridized carbons (Fsp3) is 0.0526. The fourth-order valence-electron chi connectivity index (χ4n) is 22.3. The molecular formula is C114H74N6O2. The molecule has 122 heavy (non-hydrogen) atoms. The highest BCUT2D eigenvalue weighted by Gasteiger charge is 2.38. The zero-order chi connectivity index (χ0) is 80.3. The van der Waals surface area contributed by atoms with Crippen molar-refractivity contribution >= 4 is 175 Å². The highest BCUT2D eigenvalue weighted by atomic mass is 16.3. The number of aromatic nitrogens is 6. The van der Waals surface area contributed by atoms with Crippen LogP contribution in [0.1, 0.15) is 49.9 Å². The lowest BCUT2D eigenvalue weighted by Crippen LogP contribution is -2.15. The summed E-state index contributed by atoms with van der Waals surface area (Å²) in [6, 6.07) is 138. The first-order chi connectivity index (χ1) is 60.1. The summed E-state index contributed by atoms with van der Waals surface area (Å²) in [6.07, 6.45) is 0. The summed E-state index contributed by atoms with van der Waals surface area (Å²) in [4.78, 5) is 0. The lowest BCUT2D eigenvalue weighted by atomic mass is 9.82. The van der Waals surface area contributed by atoms with Crippen molar-refractivity contribution in [3.8, 4) is 56.4 Å². The highest BCUT2D eigenvalue weighted by Crippen LogP contribution is 2.54. The first kappa shape index (κ1) is 67.4. The fourth-order valence-corrected chi connectivity index (χ4v) is 22.3. The molecule has 2 aliphatic carbocycles. The van der Waals surface area contributed by atoms with Gasteiger partial charge in [-0.15, -0.1) is 0 Å². The third-order valence-electron chi connectivity index (χ3n) is 27.7. The Morgan fingerprint density at radius 1 is 0.164 bits per heavy atom. The number of fused-ring (bicyclic) bond motifs is 34. The van der Waals surface area contributed by atoms with E-state index in [1.165, 1.54) is 132 Å². The summed E-state index contributed by atoms with van der Waals surface area (Å²) in [6.45, 7) is 9.42. The van der Waals surface area contributed by atoms with E-state index in [2.05, 4.69) is 431 Å². The predicted octanol–water partition coefficient (Wildman–Crippen LogP) is 30.4. The SMILES string of the molecule is CC1(C)c2ccccc2-c2ccc(-n3c4ccccc4c4c5oc6c(ccc7c6c6ccccc6n7-c6ccc7c(c6)C(C)(C)c6ccccc6-7)c5ccc43)cc21.c1ccc(-n2c3ccccc3c3cc(-n4c5ccccc5c5c6oc7c(ccc8c7c7ccccc7n8-c7ccc8c(c7)c7ccccc7n8-c7ccccc7)c6ccc54)ccc32)cc1. The van der Waals surface area contributed by atoms with Crippen LogP contribution in [0.3, 0.4) is 0 Å². The van der Waals surface area contributed by atoms with Gasteiger partial charge in [0, 0.05) is 110 Å². The Kier molecular flexibility index (Phi) is 13.5. The summed E-state index contributed by atoms with van der Waals surface area (Å²) in [5, 5.41) is 18.7. The topological polar surface area (TPSA) is 55.9 Å². The molecule has 8 nitrogen and oxygen atoms in total. The van der Waals surface area contributed by atoms with Crippen LogP contribution in [-0.2, 0) is 10.8 Å². The zero-order valence-electron chi connectivity index (χ0n) is 67.3. The number of para-hydroxylation sites is 8. The van der Waals surface area contributed by atoms with Crippen LogP contribution in [0, 0.1) is 0 Å². The van der Waals surface area contributed by atoms with Crippen molar-refractivity contribution in [2.75, 3.05) is 0 Å². The molecule has 18 aromatic carbocycles. The van der Waals surface area contributed by atoms with Gasteiger partial charge >= 0.3 is 0 Å². The normalized spacial score (nSPS) is 13.5. The molecule has 0 saturated heterocycles. The highest BCUT2D eigenvalue weighted by molar-refractivity contribution is 6.31. The predicted molar refractivity (Wildman–Crippen MR) is 509 cm³/mol. The number of hydrogen-bond acceptors (Lipinski definition) is 2. The number of hydrogen-bond donors (Lipinski definition) is 0. The van der Waals surface area contributed by atoms with Crippen LogP contribution in [0.5, 0.6) is 0 Å². The largest absolute Gasteiger partial charge is 0.455 e. The minimum atomic E-state index is -0.0851. The van der Waals surface area contributed by atoms with E-state index in [-0.39, 0.29) is 10.8 Å². The Hall–Kier alpha value is -15.6.